The van der Waals surface area contributed by atoms with E-state index in [0.717, 1.165) is 12.4 Å². The average molecular weight is 307 g/mol. The second-order valence-corrected chi connectivity index (χ2v) is 5.92. The van der Waals surface area contributed by atoms with E-state index in [1.54, 1.807) is 11.7 Å². The van der Waals surface area contributed by atoms with Gasteiger partial charge in [0, 0.05) is 38.4 Å². The fraction of sp³-hybridized carbons (Fsp3) is 0.583. The van der Waals surface area contributed by atoms with Crippen LogP contribution in [-0.4, -0.2) is 48.0 Å². The van der Waals surface area contributed by atoms with Crippen molar-refractivity contribution < 1.29 is 4.79 Å². The lowest BCUT2D eigenvalue weighted by Crippen LogP contribution is -2.29. The average Bonchev–Trinajstić information content (AvgIpc) is 3.07. The zero-order valence-electron chi connectivity index (χ0n) is 11.8. The van der Waals surface area contributed by atoms with Gasteiger partial charge in [0.1, 0.15) is 5.82 Å². The summed E-state index contributed by atoms with van der Waals surface area (Å²) < 4.78 is 3.67. The van der Waals surface area contributed by atoms with Gasteiger partial charge in [0.05, 0.1) is 5.75 Å². The Labute approximate surface area is 126 Å². The van der Waals surface area contributed by atoms with Crippen molar-refractivity contribution in [2.75, 3.05) is 12.3 Å². The SMILES string of the molecule is Cn1nnnc1SCC(=O)NCCn1ccnc1C1CC1. The van der Waals surface area contributed by atoms with Gasteiger partial charge in [-0.05, 0) is 23.3 Å². The molecule has 1 N–H and O–H groups in total. The van der Waals surface area contributed by atoms with Crippen molar-refractivity contribution in [2.24, 2.45) is 7.05 Å². The number of aromatic nitrogens is 6. The van der Waals surface area contributed by atoms with Crippen molar-refractivity contribution in [1.82, 2.24) is 35.1 Å². The monoisotopic (exact) mass is 307 g/mol. The van der Waals surface area contributed by atoms with Gasteiger partial charge in [-0.1, -0.05) is 11.8 Å². The van der Waals surface area contributed by atoms with Crippen LogP contribution in [0, 0.1) is 0 Å². The van der Waals surface area contributed by atoms with E-state index in [-0.39, 0.29) is 5.91 Å². The molecule has 0 unspecified atom stereocenters. The highest BCUT2D eigenvalue weighted by molar-refractivity contribution is 7.99. The molecule has 2 aromatic rings. The van der Waals surface area contributed by atoms with Crippen LogP contribution in [0.2, 0.25) is 0 Å². The molecule has 1 saturated carbocycles. The third-order valence-electron chi connectivity index (χ3n) is 3.28. The summed E-state index contributed by atoms with van der Waals surface area (Å²) >= 11 is 1.32. The van der Waals surface area contributed by atoms with E-state index in [2.05, 4.69) is 30.4 Å². The summed E-state index contributed by atoms with van der Waals surface area (Å²) in [6.07, 6.45) is 6.25. The second-order valence-electron chi connectivity index (χ2n) is 4.98. The van der Waals surface area contributed by atoms with Crippen molar-refractivity contribution in [1.29, 1.82) is 0 Å². The summed E-state index contributed by atoms with van der Waals surface area (Å²) in [5, 5.41) is 14.6. The Kier molecular flexibility index (Phi) is 4.18. The molecular formula is C12H17N7OS. The Hall–Kier alpha value is -1.90. The zero-order chi connectivity index (χ0) is 14.7. The van der Waals surface area contributed by atoms with Crippen molar-refractivity contribution in [3.8, 4) is 0 Å². The lowest BCUT2D eigenvalue weighted by Gasteiger charge is -2.08. The van der Waals surface area contributed by atoms with Gasteiger partial charge in [-0.15, -0.1) is 5.10 Å². The van der Waals surface area contributed by atoms with Crippen molar-refractivity contribution in [3.05, 3.63) is 18.2 Å². The molecule has 1 aliphatic carbocycles. The minimum Gasteiger partial charge on any atom is -0.354 e. The zero-order valence-corrected chi connectivity index (χ0v) is 12.6. The minimum atomic E-state index is -0.0175. The summed E-state index contributed by atoms with van der Waals surface area (Å²) in [5.41, 5.74) is 0. The molecule has 8 nitrogen and oxygen atoms in total. The maximum atomic E-state index is 11.8. The smallest absolute Gasteiger partial charge is 0.230 e. The number of nitrogens with one attached hydrogen (secondary N) is 1. The lowest BCUT2D eigenvalue weighted by molar-refractivity contribution is -0.118. The van der Waals surface area contributed by atoms with Crippen molar-refractivity contribution in [2.45, 2.75) is 30.5 Å². The molecule has 0 bridgehead atoms. The third-order valence-corrected chi connectivity index (χ3v) is 4.29. The Morgan fingerprint density at radius 1 is 1.52 bits per heavy atom. The number of rotatable bonds is 7. The first-order chi connectivity index (χ1) is 10.2. The number of nitrogens with zero attached hydrogens (tertiary/aromatic N) is 6. The number of amides is 1. The van der Waals surface area contributed by atoms with Gasteiger partial charge >= 0.3 is 0 Å². The van der Waals surface area contributed by atoms with E-state index in [9.17, 15) is 4.79 Å². The molecule has 9 heteroatoms. The molecule has 3 rings (SSSR count). The van der Waals surface area contributed by atoms with Gasteiger partial charge < -0.3 is 9.88 Å². The van der Waals surface area contributed by atoms with Crippen LogP contribution in [0.1, 0.15) is 24.6 Å². The van der Waals surface area contributed by atoms with Crippen LogP contribution in [0.3, 0.4) is 0 Å². The Morgan fingerprint density at radius 2 is 2.38 bits per heavy atom. The van der Waals surface area contributed by atoms with E-state index < -0.39 is 0 Å². The number of hydrogen-bond acceptors (Lipinski definition) is 6. The quantitative estimate of drug-likeness (QED) is 0.735. The predicted octanol–water partition coefficient (Wildman–Crippen LogP) is 0.192. The molecule has 21 heavy (non-hydrogen) atoms. The van der Waals surface area contributed by atoms with Crippen LogP contribution >= 0.6 is 11.8 Å². The maximum absolute atomic E-state index is 11.8. The standard InChI is InChI=1S/C12H17N7OS/c1-18-12(15-16-17-18)21-8-10(20)13-4-6-19-7-5-14-11(19)9-2-3-9/h5,7,9H,2-4,6,8H2,1H3,(H,13,20). The minimum absolute atomic E-state index is 0.0175. The number of hydrogen-bond donors (Lipinski definition) is 1. The van der Waals surface area contributed by atoms with Gasteiger partial charge in [0.15, 0.2) is 0 Å². The van der Waals surface area contributed by atoms with Crippen LogP contribution in [0.15, 0.2) is 17.6 Å². The van der Waals surface area contributed by atoms with E-state index in [1.165, 1.54) is 24.6 Å². The summed E-state index contributed by atoms with van der Waals surface area (Å²) in [5.74, 6) is 2.06. The lowest BCUT2D eigenvalue weighted by atomic mass is 10.4. The van der Waals surface area contributed by atoms with Crippen LogP contribution in [-0.2, 0) is 18.4 Å². The van der Waals surface area contributed by atoms with Crippen LogP contribution in [0.25, 0.3) is 0 Å². The molecule has 1 fully saturated rings. The third kappa shape index (κ3) is 3.60. The molecular weight excluding hydrogens is 290 g/mol. The molecule has 0 radical (unpaired) electrons. The van der Waals surface area contributed by atoms with Crippen LogP contribution < -0.4 is 5.32 Å². The highest BCUT2D eigenvalue weighted by Crippen LogP contribution is 2.38. The molecule has 0 spiro atoms. The second kappa shape index (κ2) is 6.25. The highest BCUT2D eigenvalue weighted by atomic mass is 32.2. The maximum Gasteiger partial charge on any atom is 0.230 e. The summed E-state index contributed by atoms with van der Waals surface area (Å²) in [6, 6.07) is 0. The number of carbonyl (C=O) groups excluding carboxylic acids is 1. The topological polar surface area (TPSA) is 90.5 Å². The largest absolute Gasteiger partial charge is 0.354 e. The Balaban J connectivity index is 1.39. The van der Waals surface area contributed by atoms with E-state index in [1.807, 2.05) is 12.4 Å². The summed E-state index contributed by atoms with van der Waals surface area (Å²) in [7, 11) is 1.75. The molecule has 2 heterocycles. The number of tetrazole rings is 1. The molecule has 1 aliphatic rings. The number of imidazole rings is 1. The molecule has 0 aliphatic heterocycles. The van der Waals surface area contributed by atoms with Gasteiger partial charge in [-0.25, -0.2) is 9.67 Å². The number of carbonyl (C=O) groups is 1. The Morgan fingerprint density at radius 3 is 3.10 bits per heavy atom. The van der Waals surface area contributed by atoms with Crippen molar-refractivity contribution in [3.63, 3.8) is 0 Å². The van der Waals surface area contributed by atoms with E-state index in [4.69, 9.17) is 0 Å². The van der Waals surface area contributed by atoms with Crippen LogP contribution in [0.5, 0.6) is 0 Å². The fourth-order valence-electron chi connectivity index (χ4n) is 2.05. The van der Waals surface area contributed by atoms with Crippen molar-refractivity contribution >= 4 is 17.7 Å². The molecule has 0 atom stereocenters. The number of thioether (sulfide) groups is 1. The first-order valence-electron chi connectivity index (χ1n) is 6.87. The first-order valence-corrected chi connectivity index (χ1v) is 7.85. The molecule has 2 aromatic heterocycles. The molecule has 0 saturated heterocycles. The van der Waals surface area contributed by atoms with Gasteiger partial charge in [-0.3, -0.25) is 4.79 Å². The summed E-state index contributed by atoms with van der Waals surface area (Å²) in [6.45, 7) is 1.36. The first kappa shape index (κ1) is 14.1. The van der Waals surface area contributed by atoms with Crippen LogP contribution in [0.4, 0.5) is 0 Å². The molecule has 112 valence electrons. The van der Waals surface area contributed by atoms with Gasteiger partial charge in [-0.2, -0.15) is 0 Å². The van der Waals surface area contributed by atoms with E-state index in [0.29, 0.717) is 23.4 Å². The fourth-order valence-corrected chi connectivity index (χ4v) is 2.73. The van der Waals surface area contributed by atoms with E-state index >= 15 is 0 Å². The van der Waals surface area contributed by atoms with Gasteiger partial charge in [0.2, 0.25) is 11.1 Å². The summed E-state index contributed by atoms with van der Waals surface area (Å²) in [4.78, 5) is 16.2. The normalized spacial score (nSPS) is 14.3. The highest BCUT2D eigenvalue weighted by Gasteiger charge is 2.27. The number of aryl methyl sites for hydroxylation is 1. The Bertz CT molecular complexity index is 619. The van der Waals surface area contributed by atoms with Gasteiger partial charge in [0.25, 0.3) is 0 Å². The molecule has 0 aromatic carbocycles. The molecule has 1 amide bonds. The predicted molar refractivity (Wildman–Crippen MR) is 76.7 cm³/mol.